The molecule has 5 heteroatoms. The van der Waals surface area contributed by atoms with Gasteiger partial charge in [0.1, 0.15) is 0 Å². The summed E-state index contributed by atoms with van der Waals surface area (Å²) in [5.41, 5.74) is 2.10. The number of ether oxygens (including phenoxy) is 2. The number of methoxy groups -OCH3 is 1. The van der Waals surface area contributed by atoms with Crippen LogP contribution in [0.25, 0.3) is 0 Å². The van der Waals surface area contributed by atoms with E-state index in [-0.39, 0.29) is 0 Å². The van der Waals surface area contributed by atoms with Crippen molar-refractivity contribution in [2.24, 2.45) is 0 Å². The molecule has 0 fully saturated rings. The fourth-order valence-electron chi connectivity index (χ4n) is 2.09. The van der Waals surface area contributed by atoms with Gasteiger partial charge in [-0.05, 0) is 24.3 Å². The van der Waals surface area contributed by atoms with Crippen LogP contribution in [0.15, 0.2) is 48.8 Å². The molecule has 0 spiro atoms. The van der Waals surface area contributed by atoms with E-state index < -0.39 is 0 Å². The lowest BCUT2D eigenvalue weighted by molar-refractivity contribution is 0.0543. The van der Waals surface area contributed by atoms with Gasteiger partial charge in [0.2, 0.25) is 0 Å². The van der Waals surface area contributed by atoms with Crippen LogP contribution in [0.1, 0.15) is 11.4 Å². The third-order valence-electron chi connectivity index (χ3n) is 3.21. The van der Waals surface area contributed by atoms with Crippen LogP contribution in [-0.2, 0) is 22.6 Å². The highest BCUT2D eigenvalue weighted by molar-refractivity contribution is 5.06. The number of hydrogen-bond donors (Lipinski definition) is 0. The molecule has 2 aromatic rings. The van der Waals surface area contributed by atoms with Crippen LogP contribution in [0.5, 0.6) is 0 Å². The zero-order valence-corrected chi connectivity index (χ0v) is 13.0. The van der Waals surface area contributed by atoms with Crippen LogP contribution < -0.4 is 0 Å². The van der Waals surface area contributed by atoms with Crippen molar-refractivity contribution in [3.63, 3.8) is 0 Å². The zero-order valence-electron chi connectivity index (χ0n) is 13.0. The lowest BCUT2D eigenvalue weighted by Crippen LogP contribution is -2.28. The van der Waals surface area contributed by atoms with E-state index in [1.54, 1.807) is 7.11 Å². The molecular formula is C17H23N3O2. The summed E-state index contributed by atoms with van der Waals surface area (Å²) >= 11 is 0. The van der Waals surface area contributed by atoms with E-state index in [2.05, 4.69) is 14.9 Å². The van der Waals surface area contributed by atoms with Crippen molar-refractivity contribution in [2.45, 2.75) is 13.1 Å². The summed E-state index contributed by atoms with van der Waals surface area (Å²) in [6.45, 7) is 4.31. The van der Waals surface area contributed by atoms with Gasteiger partial charge in [-0.25, -0.2) is 0 Å². The summed E-state index contributed by atoms with van der Waals surface area (Å²) in [7, 11) is 1.68. The van der Waals surface area contributed by atoms with Crippen LogP contribution in [-0.4, -0.2) is 48.3 Å². The molecule has 0 aliphatic rings. The highest BCUT2D eigenvalue weighted by atomic mass is 16.5. The van der Waals surface area contributed by atoms with Gasteiger partial charge in [-0.3, -0.25) is 14.9 Å². The second-order valence-electron chi connectivity index (χ2n) is 4.96. The van der Waals surface area contributed by atoms with Crippen molar-refractivity contribution in [3.8, 4) is 0 Å². The summed E-state index contributed by atoms with van der Waals surface area (Å²) in [6.07, 6.45) is 3.65. The van der Waals surface area contributed by atoms with Crippen LogP contribution >= 0.6 is 0 Å². The maximum absolute atomic E-state index is 5.57. The predicted molar refractivity (Wildman–Crippen MR) is 85.3 cm³/mol. The van der Waals surface area contributed by atoms with Gasteiger partial charge in [0.05, 0.1) is 31.2 Å². The number of rotatable bonds is 10. The van der Waals surface area contributed by atoms with E-state index >= 15 is 0 Å². The molecule has 118 valence electrons. The summed E-state index contributed by atoms with van der Waals surface area (Å²) in [4.78, 5) is 11.1. The standard InChI is InChI=1S/C17H23N3O2/c1-21-12-13-22-11-10-20(14-16-6-2-4-8-18-16)15-17-7-3-5-9-19-17/h2-9H,10-15H2,1H3. The van der Waals surface area contributed by atoms with Crippen molar-refractivity contribution in [1.29, 1.82) is 0 Å². The molecule has 22 heavy (non-hydrogen) atoms. The van der Waals surface area contributed by atoms with E-state index in [4.69, 9.17) is 9.47 Å². The van der Waals surface area contributed by atoms with Crippen LogP contribution in [0.4, 0.5) is 0 Å². The molecule has 0 N–H and O–H groups in total. The third-order valence-corrected chi connectivity index (χ3v) is 3.21. The van der Waals surface area contributed by atoms with Crippen LogP contribution in [0.2, 0.25) is 0 Å². The van der Waals surface area contributed by atoms with Gasteiger partial charge in [0.15, 0.2) is 0 Å². The summed E-state index contributed by atoms with van der Waals surface area (Å²) < 4.78 is 10.6. The Labute approximate surface area is 131 Å². The summed E-state index contributed by atoms with van der Waals surface area (Å²) in [5, 5.41) is 0. The molecule has 0 saturated heterocycles. The Hall–Kier alpha value is -1.82. The first-order chi connectivity index (χ1) is 10.9. The molecule has 0 radical (unpaired) electrons. The molecule has 0 bridgehead atoms. The maximum Gasteiger partial charge on any atom is 0.0700 e. The highest BCUT2D eigenvalue weighted by Gasteiger charge is 2.08. The molecular weight excluding hydrogens is 278 g/mol. The fourth-order valence-corrected chi connectivity index (χ4v) is 2.09. The topological polar surface area (TPSA) is 47.5 Å². The molecule has 0 unspecified atom stereocenters. The summed E-state index contributed by atoms with van der Waals surface area (Å²) in [5.74, 6) is 0. The van der Waals surface area contributed by atoms with E-state index in [0.29, 0.717) is 19.8 Å². The first kappa shape index (κ1) is 16.5. The van der Waals surface area contributed by atoms with Gasteiger partial charge in [0.25, 0.3) is 0 Å². The Morgan fingerprint density at radius 3 is 2.00 bits per heavy atom. The minimum atomic E-state index is 0.623. The smallest absolute Gasteiger partial charge is 0.0700 e. The zero-order chi connectivity index (χ0) is 15.5. The average molecular weight is 301 g/mol. The summed E-state index contributed by atoms with van der Waals surface area (Å²) in [6, 6.07) is 12.0. The van der Waals surface area contributed by atoms with Gasteiger partial charge < -0.3 is 9.47 Å². The third kappa shape index (κ3) is 6.30. The minimum absolute atomic E-state index is 0.623. The SMILES string of the molecule is COCCOCCN(Cc1ccccn1)Cc1ccccn1. The molecule has 0 saturated carbocycles. The number of nitrogens with zero attached hydrogens (tertiary/aromatic N) is 3. The van der Waals surface area contributed by atoms with Crippen LogP contribution in [0.3, 0.4) is 0 Å². The van der Waals surface area contributed by atoms with E-state index in [1.165, 1.54) is 0 Å². The number of pyridine rings is 2. The molecule has 0 aliphatic heterocycles. The lowest BCUT2D eigenvalue weighted by Gasteiger charge is -2.21. The van der Waals surface area contributed by atoms with Crippen molar-refractivity contribution in [1.82, 2.24) is 14.9 Å². The van der Waals surface area contributed by atoms with Crippen molar-refractivity contribution in [3.05, 3.63) is 60.2 Å². The monoisotopic (exact) mass is 301 g/mol. The fraction of sp³-hybridized carbons (Fsp3) is 0.412. The van der Waals surface area contributed by atoms with E-state index in [1.807, 2.05) is 48.8 Å². The predicted octanol–water partition coefficient (Wildman–Crippen LogP) is 2.14. The molecule has 0 aromatic carbocycles. The van der Waals surface area contributed by atoms with Crippen LogP contribution in [0, 0.1) is 0 Å². The first-order valence-electron chi connectivity index (χ1n) is 7.47. The second-order valence-corrected chi connectivity index (χ2v) is 4.96. The minimum Gasteiger partial charge on any atom is -0.382 e. The first-order valence-corrected chi connectivity index (χ1v) is 7.47. The lowest BCUT2D eigenvalue weighted by atomic mass is 10.3. The Kier molecular flexibility index (Phi) is 7.52. The average Bonchev–Trinajstić information content (AvgIpc) is 2.56. The Bertz CT molecular complexity index is 466. The number of aromatic nitrogens is 2. The molecule has 0 atom stereocenters. The highest BCUT2D eigenvalue weighted by Crippen LogP contribution is 2.06. The normalized spacial score (nSPS) is 11.0. The quantitative estimate of drug-likeness (QED) is 0.629. The van der Waals surface area contributed by atoms with Gasteiger partial charge in [-0.1, -0.05) is 12.1 Å². The molecule has 0 amide bonds. The Balaban J connectivity index is 1.88. The van der Waals surface area contributed by atoms with Crippen molar-refractivity contribution < 1.29 is 9.47 Å². The number of hydrogen-bond acceptors (Lipinski definition) is 5. The van der Waals surface area contributed by atoms with Gasteiger partial charge in [-0.15, -0.1) is 0 Å². The second kappa shape index (κ2) is 10.00. The van der Waals surface area contributed by atoms with Crippen molar-refractivity contribution in [2.75, 3.05) is 33.5 Å². The maximum atomic E-state index is 5.57. The van der Waals surface area contributed by atoms with Gasteiger partial charge in [0, 0.05) is 39.1 Å². The molecule has 0 aliphatic carbocycles. The molecule has 2 aromatic heterocycles. The molecule has 2 heterocycles. The van der Waals surface area contributed by atoms with Gasteiger partial charge >= 0.3 is 0 Å². The Morgan fingerprint density at radius 2 is 1.50 bits per heavy atom. The largest absolute Gasteiger partial charge is 0.382 e. The van der Waals surface area contributed by atoms with E-state index in [9.17, 15) is 0 Å². The van der Waals surface area contributed by atoms with E-state index in [0.717, 1.165) is 31.0 Å². The molecule has 5 nitrogen and oxygen atoms in total. The molecule has 2 rings (SSSR count). The Morgan fingerprint density at radius 1 is 0.864 bits per heavy atom. The van der Waals surface area contributed by atoms with Crippen molar-refractivity contribution >= 4 is 0 Å². The van der Waals surface area contributed by atoms with Gasteiger partial charge in [-0.2, -0.15) is 0 Å².